The van der Waals surface area contributed by atoms with E-state index in [4.69, 9.17) is 4.74 Å². The second-order valence-electron chi connectivity index (χ2n) is 7.14. The number of methoxy groups -OCH3 is 1. The predicted molar refractivity (Wildman–Crippen MR) is 117 cm³/mol. The highest BCUT2D eigenvalue weighted by Crippen LogP contribution is 2.35. The summed E-state index contributed by atoms with van der Waals surface area (Å²) in [5, 5.41) is 2.58. The molecule has 0 bridgehead atoms. The molecule has 0 spiro atoms. The minimum absolute atomic E-state index is 0.0985. The smallest absolute Gasteiger partial charge is 0.268 e. The molecule has 0 saturated carbocycles. The maximum atomic E-state index is 13.6. The Morgan fingerprint density at radius 3 is 2.65 bits per heavy atom. The summed E-state index contributed by atoms with van der Waals surface area (Å²) in [6, 6.07) is 17.1. The molecule has 0 aliphatic carbocycles. The van der Waals surface area contributed by atoms with Gasteiger partial charge >= 0.3 is 0 Å². The van der Waals surface area contributed by atoms with Gasteiger partial charge in [0.2, 0.25) is 0 Å². The van der Waals surface area contributed by atoms with Crippen LogP contribution in [0.2, 0.25) is 0 Å². The highest BCUT2D eigenvalue weighted by molar-refractivity contribution is 7.93. The van der Waals surface area contributed by atoms with Crippen LogP contribution in [0.5, 0.6) is 5.75 Å². The van der Waals surface area contributed by atoms with Crippen LogP contribution in [-0.4, -0.2) is 28.0 Å². The molecule has 4 rings (SSSR count). The third-order valence-corrected chi connectivity index (χ3v) is 6.98. The van der Waals surface area contributed by atoms with Crippen molar-refractivity contribution in [2.45, 2.75) is 17.7 Å². The molecule has 0 atom stereocenters. The molecule has 8 heteroatoms. The molecule has 3 aromatic carbocycles. The highest BCUT2D eigenvalue weighted by Gasteiger charge is 2.32. The zero-order valence-corrected chi connectivity index (χ0v) is 17.7. The molecule has 0 aromatic heterocycles. The number of halogens is 1. The Bertz CT molecular complexity index is 1240. The maximum absolute atomic E-state index is 13.6. The third-order valence-electron chi connectivity index (χ3n) is 5.14. The fraction of sp³-hybridized carbons (Fsp3) is 0.174. The Kier molecular flexibility index (Phi) is 5.65. The van der Waals surface area contributed by atoms with E-state index in [1.807, 2.05) is 12.1 Å². The van der Waals surface area contributed by atoms with Gasteiger partial charge in [-0.15, -0.1) is 0 Å². The van der Waals surface area contributed by atoms with Crippen LogP contribution in [0.15, 0.2) is 71.6 Å². The number of para-hydroxylation sites is 1. The fourth-order valence-electron chi connectivity index (χ4n) is 3.66. The number of benzene rings is 3. The van der Waals surface area contributed by atoms with Crippen molar-refractivity contribution in [3.8, 4) is 5.75 Å². The maximum Gasteiger partial charge on any atom is 0.268 e. The van der Waals surface area contributed by atoms with Gasteiger partial charge in [-0.3, -0.25) is 9.10 Å². The molecule has 1 N–H and O–H groups in total. The molecule has 1 aliphatic rings. The monoisotopic (exact) mass is 440 g/mol. The van der Waals surface area contributed by atoms with E-state index in [-0.39, 0.29) is 21.9 Å². The molecule has 1 amide bonds. The van der Waals surface area contributed by atoms with Gasteiger partial charge in [0.25, 0.3) is 15.9 Å². The van der Waals surface area contributed by atoms with Crippen LogP contribution in [0, 0.1) is 5.82 Å². The van der Waals surface area contributed by atoms with E-state index >= 15 is 0 Å². The van der Waals surface area contributed by atoms with Crippen molar-refractivity contribution in [2.24, 2.45) is 0 Å². The number of nitrogens with zero attached hydrogens (tertiary/aromatic N) is 1. The van der Waals surface area contributed by atoms with Gasteiger partial charge in [0, 0.05) is 17.8 Å². The lowest BCUT2D eigenvalue weighted by Gasteiger charge is -2.31. The quantitative estimate of drug-likeness (QED) is 0.644. The SMILES string of the molecule is COc1ccc(C(=O)Nc2cccc(F)c2)cc1S(=O)(=O)N1CCCc2ccccc21. The standard InChI is InChI=1S/C23H21FN2O4S/c1-30-21-12-11-17(23(27)25-19-9-4-8-18(24)15-19)14-22(21)31(28,29)26-13-5-7-16-6-2-3-10-20(16)26/h2-4,6,8-12,14-15H,5,7,13H2,1H3,(H,25,27). The molecule has 3 aromatic rings. The van der Waals surface area contributed by atoms with Gasteiger partial charge in [0.1, 0.15) is 16.5 Å². The molecule has 0 saturated heterocycles. The number of aryl methyl sites for hydroxylation is 1. The average Bonchev–Trinajstić information content (AvgIpc) is 2.78. The van der Waals surface area contributed by atoms with Gasteiger partial charge in [0.05, 0.1) is 12.8 Å². The summed E-state index contributed by atoms with van der Waals surface area (Å²) >= 11 is 0. The van der Waals surface area contributed by atoms with Gasteiger partial charge in [0.15, 0.2) is 0 Å². The normalized spacial score (nSPS) is 13.4. The first-order chi connectivity index (χ1) is 14.9. The van der Waals surface area contributed by atoms with Crippen LogP contribution < -0.4 is 14.4 Å². The molecule has 0 fully saturated rings. The number of hydrogen-bond acceptors (Lipinski definition) is 4. The Hall–Kier alpha value is -3.39. The van der Waals surface area contributed by atoms with Crippen molar-refractivity contribution >= 4 is 27.3 Å². The largest absolute Gasteiger partial charge is 0.495 e. The zero-order chi connectivity index (χ0) is 22.0. The van der Waals surface area contributed by atoms with E-state index in [1.54, 1.807) is 18.2 Å². The average molecular weight is 440 g/mol. The first-order valence-electron chi connectivity index (χ1n) is 9.76. The number of hydrogen-bond donors (Lipinski definition) is 1. The predicted octanol–water partition coefficient (Wildman–Crippen LogP) is 4.23. The van der Waals surface area contributed by atoms with E-state index in [9.17, 15) is 17.6 Å². The van der Waals surface area contributed by atoms with Crippen molar-refractivity contribution in [1.29, 1.82) is 0 Å². The van der Waals surface area contributed by atoms with Crippen LogP contribution in [0.3, 0.4) is 0 Å². The van der Waals surface area contributed by atoms with Gasteiger partial charge in [-0.25, -0.2) is 12.8 Å². The summed E-state index contributed by atoms with van der Waals surface area (Å²) in [5.41, 5.74) is 1.98. The molecule has 31 heavy (non-hydrogen) atoms. The van der Waals surface area contributed by atoms with Gasteiger partial charge in [-0.1, -0.05) is 24.3 Å². The van der Waals surface area contributed by atoms with Gasteiger partial charge in [-0.2, -0.15) is 0 Å². The van der Waals surface area contributed by atoms with Crippen LogP contribution in [0.1, 0.15) is 22.3 Å². The molecule has 0 unspecified atom stereocenters. The number of sulfonamides is 1. The topological polar surface area (TPSA) is 75.7 Å². The number of fused-ring (bicyclic) bond motifs is 1. The second kappa shape index (κ2) is 8.39. The molecular weight excluding hydrogens is 419 g/mol. The number of anilines is 2. The zero-order valence-electron chi connectivity index (χ0n) is 16.8. The summed E-state index contributed by atoms with van der Waals surface area (Å²) in [6.07, 6.45) is 1.49. The lowest BCUT2D eigenvalue weighted by Crippen LogP contribution is -2.35. The minimum Gasteiger partial charge on any atom is -0.495 e. The number of ether oxygens (including phenoxy) is 1. The number of rotatable bonds is 5. The third kappa shape index (κ3) is 4.11. The van der Waals surface area contributed by atoms with Crippen molar-refractivity contribution in [2.75, 3.05) is 23.3 Å². The first kappa shape index (κ1) is 20.9. The highest BCUT2D eigenvalue weighted by atomic mass is 32.2. The van der Waals surface area contributed by atoms with Crippen LogP contribution in [-0.2, 0) is 16.4 Å². The summed E-state index contributed by atoms with van der Waals surface area (Å²) in [4.78, 5) is 12.6. The Morgan fingerprint density at radius 1 is 1.06 bits per heavy atom. The van der Waals surface area contributed by atoms with Crippen molar-refractivity contribution < 1.29 is 22.3 Å². The summed E-state index contributed by atoms with van der Waals surface area (Å²) < 4.78 is 47.2. The lowest BCUT2D eigenvalue weighted by molar-refractivity contribution is 0.102. The van der Waals surface area contributed by atoms with Crippen LogP contribution >= 0.6 is 0 Å². The number of carbonyl (C=O) groups excluding carboxylic acids is 1. The van der Waals surface area contributed by atoms with E-state index in [2.05, 4.69) is 5.32 Å². The van der Waals surface area contributed by atoms with Gasteiger partial charge < -0.3 is 10.1 Å². The van der Waals surface area contributed by atoms with Crippen LogP contribution in [0.25, 0.3) is 0 Å². The van der Waals surface area contributed by atoms with E-state index < -0.39 is 21.7 Å². The van der Waals surface area contributed by atoms with Crippen molar-refractivity contribution in [3.05, 3.63) is 83.7 Å². The molecule has 160 valence electrons. The van der Waals surface area contributed by atoms with Crippen LogP contribution in [0.4, 0.5) is 15.8 Å². The summed E-state index contributed by atoms with van der Waals surface area (Å²) in [6.45, 7) is 0.336. The molecule has 0 radical (unpaired) electrons. The minimum atomic E-state index is -3.99. The Balaban J connectivity index is 1.72. The lowest BCUT2D eigenvalue weighted by atomic mass is 10.0. The van der Waals surface area contributed by atoms with Crippen molar-refractivity contribution in [1.82, 2.24) is 0 Å². The Morgan fingerprint density at radius 2 is 1.87 bits per heavy atom. The fourth-order valence-corrected chi connectivity index (χ4v) is 5.38. The van der Waals surface area contributed by atoms with E-state index in [0.717, 1.165) is 12.0 Å². The van der Waals surface area contributed by atoms with E-state index in [1.165, 1.54) is 47.8 Å². The van der Waals surface area contributed by atoms with E-state index in [0.29, 0.717) is 18.7 Å². The number of carbonyl (C=O) groups is 1. The Labute approximate surface area is 180 Å². The summed E-state index contributed by atoms with van der Waals surface area (Å²) in [5.74, 6) is -0.895. The molecule has 1 aliphatic heterocycles. The summed E-state index contributed by atoms with van der Waals surface area (Å²) in [7, 11) is -2.61. The second-order valence-corrected chi connectivity index (χ2v) is 8.97. The molecule has 1 heterocycles. The number of amides is 1. The number of nitrogens with one attached hydrogen (secondary N) is 1. The van der Waals surface area contributed by atoms with Gasteiger partial charge in [-0.05, 0) is 60.9 Å². The molecule has 6 nitrogen and oxygen atoms in total. The first-order valence-corrected chi connectivity index (χ1v) is 11.2. The molecular formula is C23H21FN2O4S. The van der Waals surface area contributed by atoms with Crippen molar-refractivity contribution in [3.63, 3.8) is 0 Å².